The summed E-state index contributed by atoms with van der Waals surface area (Å²) in [5.41, 5.74) is 0.944. The predicted molar refractivity (Wildman–Crippen MR) is 66.6 cm³/mol. The molecule has 1 heterocycles. The van der Waals surface area contributed by atoms with E-state index in [2.05, 4.69) is 23.7 Å². The lowest BCUT2D eigenvalue weighted by molar-refractivity contribution is -0.116. The molecule has 1 amide bonds. The summed E-state index contributed by atoms with van der Waals surface area (Å²) in [7, 11) is 0. The van der Waals surface area contributed by atoms with Gasteiger partial charge < -0.3 is 14.8 Å². The number of aromatic nitrogens is 1. The van der Waals surface area contributed by atoms with Crippen molar-refractivity contribution in [1.82, 2.24) is 9.88 Å². The largest absolute Gasteiger partial charge is 0.366 e. The molecule has 0 atom stereocenters. The summed E-state index contributed by atoms with van der Waals surface area (Å²) in [6.07, 6.45) is 3.69. The summed E-state index contributed by atoms with van der Waals surface area (Å²) < 4.78 is 0. The van der Waals surface area contributed by atoms with E-state index in [4.69, 9.17) is 0 Å². The van der Waals surface area contributed by atoms with E-state index < -0.39 is 0 Å². The molecule has 0 spiro atoms. The summed E-state index contributed by atoms with van der Waals surface area (Å²) in [5, 5.41) is 0. The van der Waals surface area contributed by atoms with Gasteiger partial charge in [0.2, 0.25) is 5.91 Å². The first-order valence-corrected chi connectivity index (χ1v) is 5.82. The first-order chi connectivity index (χ1) is 7.69. The summed E-state index contributed by atoms with van der Waals surface area (Å²) in [6.45, 7) is 9.59. The van der Waals surface area contributed by atoms with E-state index in [9.17, 15) is 4.79 Å². The molecule has 4 heteroatoms. The molecule has 1 rings (SSSR count). The van der Waals surface area contributed by atoms with Crippen molar-refractivity contribution in [3.63, 3.8) is 0 Å². The van der Waals surface area contributed by atoms with Crippen LogP contribution in [-0.4, -0.2) is 42.0 Å². The van der Waals surface area contributed by atoms with E-state index in [1.54, 1.807) is 11.8 Å². The molecule has 90 valence electrons. The Morgan fingerprint density at radius 3 is 2.44 bits per heavy atom. The van der Waals surface area contributed by atoms with Crippen molar-refractivity contribution in [3.05, 3.63) is 18.5 Å². The molecular formula is C12H21N3O. The number of carbonyl (C=O) groups is 1. The van der Waals surface area contributed by atoms with Crippen LogP contribution in [0.3, 0.4) is 0 Å². The second-order valence-corrected chi connectivity index (χ2v) is 3.77. The van der Waals surface area contributed by atoms with Crippen LogP contribution in [0.4, 0.5) is 5.69 Å². The van der Waals surface area contributed by atoms with Crippen molar-refractivity contribution in [2.24, 2.45) is 0 Å². The fourth-order valence-electron chi connectivity index (χ4n) is 1.73. The Morgan fingerprint density at radius 1 is 1.31 bits per heavy atom. The zero-order chi connectivity index (χ0) is 12.0. The highest BCUT2D eigenvalue weighted by Gasteiger charge is 2.12. The zero-order valence-electron chi connectivity index (χ0n) is 10.4. The molecule has 0 saturated heterocycles. The summed E-state index contributed by atoms with van der Waals surface area (Å²) >= 11 is 0. The highest BCUT2D eigenvalue weighted by atomic mass is 16.2. The number of carbonyl (C=O) groups excluding carboxylic acids is 1. The Labute approximate surface area is 97.2 Å². The highest BCUT2D eigenvalue weighted by molar-refractivity contribution is 5.91. The van der Waals surface area contributed by atoms with Gasteiger partial charge in [-0.2, -0.15) is 0 Å². The molecule has 4 nitrogen and oxygen atoms in total. The molecule has 0 aliphatic heterocycles. The van der Waals surface area contributed by atoms with Crippen LogP contribution in [-0.2, 0) is 4.79 Å². The fraction of sp³-hybridized carbons (Fsp3) is 0.583. The third-order valence-corrected chi connectivity index (χ3v) is 2.81. The number of hydrogen-bond acceptors (Lipinski definition) is 2. The van der Waals surface area contributed by atoms with Gasteiger partial charge in [-0.25, -0.2) is 0 Å². The Kier molecular flexibility index (Phi) is 5.05. The number of hydrogen-bond donors (Lipinski definition) is 1. The quantitative estimate of drug-likeness (QED) is 0.797. The summed E-state index contributed by atoms with van der Waals surface area (Å²) in [4.78, 5) is 18.6. The summed E-state index contributed by atoms with van der Waals surface area (Å²) in [5.74, 6) is 0.0896. The number of anilines is 1. The monoisotopic (exact) mass is 223 g/mol. The van der Waals surface area contributed by atoms with Crippen LogP contribution in [0.1, 0.15) is 20.8 Å². The first kappa shape index (κ1) is 12.8. The number of H-pyrrole nitrogens is 1. The average molecular weight is 223 g/mol. The normalized spacial score (nSPS) is 10.8. The van der Waals surface area contributed by atoms with E-state index >= 15 is 0 Å². The molecular weight excluding hydrogens is 202 g/mol. The number of nitrogens with zero attached hydrogens (tertiary/aromatic N) is 2. The third-order valence-electron chi connectivity index (χ3n) is 2.81. The maximum Gasteiger partial charge on any atom is 0.223 e. The van der Waals surface area contributed by atoms with Gasteiger partial charge >= 0.3 is 0 Å². The van der Waals surface area contributed by atoms with Gasteiger partial charge in [-0.3, -0.25) is 4.79 Å². The predicted octanol–water partition coefficient (Wildman–Crippen LogP) is 1.71. The number of nitrogens with one attached hydrogen (secondary N) is 1. The van der Waals surface area contributed by atoms with Crippen LogP contribution in [0.15, 0.2) is 18.5 Å². The van der Waals surface area contributed by atoms with Gasteiger partial charge in [0.05, 0.1) is 5.69 Å². The second-order valence-electron chi connectivity index (χ2n) is 3.77. The Balaban J connectivity index is 2.56. The Hall–Kier alpha value is -1.29. The van der Waals surface area contributed by atoms with Gasteiger partial charge in [-0.05, 0) is 19.2 Å². The fourth-order valence-corrected chi connectivity index (χ4v) is 1.73. The van der Waals surface area contributed by atoms with Gasteiger partial charge in [-0.15, -0.1) is 0 Å². The zero-order valence-corrected chi connectivity index (χ0v) is 10.4. The van der Waals surface area contributed by atoms with E-state index in [1.807, 2.05) is 18.5 Å². The number of likely N-dealkylation sites (N-methyl/N-ethyl adjacent to an activating group) is 1. The van der Waals surface area contributed by atoms with E-state index in [0.29, 0.717) is 0 Å². The molecule has 0 unspecified atom stereocenters. The number of aromatic amines is 1. The van der Waals surface area contributed by atoms with Crippen molar-refractivity contribution in [2.75, 3.05) is 31.1 Å². The van der Waals surface area contributed by atoms with Gasteiger partial charge in [0.25, 0.3) is 0 Å². The molecule has 1 N–H and O–H groups in total. The first-order valence-electron chi connectivity index (χ1n) is 5.82. The van der Waals surface area contributed by atoms with Crippen molar-refractivity contribution in [3.8, 4) is 0 Å². The van der Waals surface area contributed by atoms with Crippen LogP contribution in [0, 0.1) is 0 Å². The minimum Gasteiger partial charge on any atom is -0.366 e. The maximum atomic E-state index is 11.5. The van der Waals surface area contributed by atoms with E-state index in [0.717, 1.165) is 31.9 Å². The SMILES string of the molecule is CCN(CC)CCN(C(C)=O)c1cc[nH]c1. The number of amides is 1. The van der Waals surface area contributed by atoms with Crippen LogP contribution in [0.25, 0.3) is 0 Å². The minimum absolute atomic E-state index is 0.0896. The molecule has 0 aromatic carbocycles. The molecule has 0 fully saturated rings. The molecule has 0 saturated carbocycles. The van der Waals surface area contributed by atoms with Gasteiger partial charge in [0, 0.05) is 32.4 Å². The van der Waals surface area contributed by atoms with Crippen LogP contribution >= 0.6 is 0 Å². The van der Waals surface area contributed by atoms with Crippen molar-refractivity contribution in [2.45, 2.75) is 20.8 Å². The third kappa shape index (κ3) is 3.38. The molecule has 0 aliphatic rings. The topological polar surface area (TPSA) is 39.3 Å². The van der Waals surface area contributed by atoms with E-state index in [-0.39, 0.29) is 5.91 Å². The lowest BCUT2D eigenvalue weighted by atomic mass is 10.3. The molecule has 0 aliphatic carbocycles. The van der Waals surface area contributed by atoms with Crippen LogP contribution < -0.4 is 4.90 Å². The van der Waals surface area contributed by atoms with E-state index in [1.165, 1.54) is 0 Å². The lowest BCUT2D eigenvalue weighted by Crippen LogP contribution is -2.37. The average Bonchev–Trinajstić information content (AvgIpc) is 2.77. The van der Waals surface area contributed by atoms with Gasteiger partial charge in [-0.1, -0.05) is 13.8 Å². The lowest BCUT2D eigenvalue weighted by Gasteiger charge is -2.24. The smallest absolute Gasteiger partial charge is 0.223 e. The molecule has 1 aromatic rings. The van der Waals surface area contributed by atoms with Crippen molar-refractivity contribution >= 4 is 11.6 Å². The molecule has 16 heavy (non-hydrogen) atoms. The molecule has 1 aromatic heterocycles. The number of rotatable bonds is 6. The highest BCUT2D eigenvalue weighted by Crippen LogP contribution is 2.12. The molecule has 0 bridgehead atoms. The maximum absolute atomic E-state index is 11.5. The summed E-state index contributed by atoms with van der Waals surface area (Å²) in [6, 6.07) is 1.92. The Bertz CT molecular complexity index is 304. The van der Waals surface area contributed by atoms with Crippen molar-refractivity contribution < 1.29 is 4.79 Å². The Morgan fingerprint density at radius 2 is 2.00 bits per heavy atom. The minimum atomic E-state index is 0.0896. The molecule has 0 radical (unpaired) electrons. The second kappa shape index (κ2) is 6.33. The van der Waals surface area contributed by atoms with Gasteiger partial charge in [0.15, 0.2) is 0 Å². The van der Waals surface area contributed by atoms with Crippen LogP contribution in [0.5, 0.6) is 0 Å². The van der Waals surface area contributed by atoms with Gasteiger partial charge in [0.1, 0.15) is 0 Å². The van der Waals surface area contributed by atoms with Crippen LogP contribution in [0.2, 0.25) is 0 Å². The standard InChI is InChI=1S/C12H21N3O/c1-4-14(5-2)8-9-15(11(3)16)12-6-7-13-10-12/h6-7,10,13H,4-5,8-9H2,1-3H3. The van der Waals surface area contributed by atoms with Crippen molar-refractivity contribution in [1.29, 1.82) is 0 Å².